The van der Waals surface area contributed by atoms with Gasteiger partial charge in [-0.25, -0.2) is 4.98 Å². The molecular formula is C22H27N3. The van der Waals surface area contributed by atoms with Gasteiger partial charge >= 0.3 is 0 Å². The van der Waals surface area contributed by atoms with Crippen LogP contribution in [0.1, 0.15) is 61.8 Å². The molecule has 1 unspecified atom stereocenters. The predicted octanol–water partition coefficient (Wildman–Crippen LogP) is 5.54. The Bertz CT molecular complexity index is 844. The highest BCUT2D eigenvalue weighted by atomic mass is 15.1. The first-order valence-corrected chi connectivity index (χ1v) is 9.52. The molecule has 25 heavy (non-hydrogen) atoms. The van der Waals surface area contributed by atoms with Gasteiger partial charge in [0, 0.05) is 18.2 Å². The van der Waals surface area contributed by atoms with Crippen molar-refractivity contribution in [3.05, 3.63) is 65.5 Å². The maximum absolute atomic E-state index is 5.00. The summed E-state index contributed by atoms with van der Waals surface area (Å²) in [4.78, 5) is 5.00. The number of rotatable bonds is 4. The average Bonchev–Trinajstić information content (AvgIpc) is 3.00. The van der Waals surface area contributed by atoms with E-state index < -0.39 is 0 Å². The van der Waals surface area contributed by atoms with Gasteiger partial charge < -0.3 is 5.32 Å². The number of imidazole rings is 1. The van der Waals surface area contributed by atoms with E-state index in [2.05, 4.69) is 72.2 Å². The summed E-state index contributed by atoms with van der Waals surface area (Å²) in [7, 11) is 0. The normalized spacial score (nSPS) is 16.9. The Morgan fingerprint density at radius 2 is 1.80 bits per heavy atom. The van der Waals surface area contributed by atoms with Gasteiger partial charge in [-0.05, 0) is 37.0 Å². The van der Waals surface area contributed by atoms with Crippen molar-refractivity contribution in [2.45, 2.75) is 57.9 Å². The van der Waals surface area contributed by atoms with Gasteiger partial charge in [0.2, 0.25) is 0 Å². The molecule has 0 radical (unpaired) electrons. The first kappa shape index (κ1) is 16.2. The second kappa shape index (κ2) is 6.91. The van der Waals surface area contributed by atoms with Crippen LogP contribution in [0.5, 0.6) is 0 Å². The molecule has 1 aromatic carbocycles. The minimum atomic E-state index is 0.271. The quantitative estimate of drug-likeness (QED) is 0.679. The van der Waals surface area contributed by atoms with E-state index in [1.165, 1.54) is 49.0 Å². The Morgan fingerprint density at radius 1 is 1.04 bits per heavy atom. The van der Waals surface area contributed by atoms with E-state index in [-0.39, 0.29) is 5.92 Å². The molecule has 0 spiro atoms. The highest BCUT2D eigenvalue weighted by Crippen LogP contribution is 2.32. The van der Waals surface area contributed by atoms with Crippen LogP contribution in [-0.2, 0) is 0 Å². The summed E-state index contributed by atoms with van der Waals surface area (Å²) in [5.41, 5.74) is 4.76. The third kappa shape index (κ3) is 3.28. The number of aromatic nitrogens is 2. The summed E-state index contributed by atoms with van der Waals surface area (Å²) in [6, 6.07) is 15.5. The molecule has 3 heteroatoms. The zero-order chi connectivity index (χ0) is 17.2. The summed E-state index contributed by atoms with van der Waals surface area (Å²) in [6.07, 6.45) is 8.76. The van der Waals surface area contributed by atoms with Crippen molar-refractivity contribution in [2.24, 2.45) is 0 Å². The lowest BCUT2D eigenvalue weighted by Crippen LogP contribution is -2.24. The maximum atomic E-state index is 5.00. The molecule has 3 aromatic rings. The van der Waals surface area contributed by atoms with E-state index in [9.17, 15) is 0 Å². The fraction of sp³-hybridized carbons (Fsp3) is 0.409. The van der Waals surface area contributed by atoms with E-state index >= 15 is 0 Å². The lowest BCUT2D eigenvalue weighted by atomic mass is 9.94. The second-order valence-electron chi connectivity index (χ2n) is 7.39. The molecule has 0 amide bonds. The van der Waals surface area contributed by atoms with E-state index in [1.807, 2.05) is 0 Å². The van der Waals surface area contributed by atoms with Gasteiger partial charge in [-0.2, -0.15) is 0 Å². The highest BCUT2D eigenvalue weighted by Gasteiger charge is 2.22. The summed E-state index contributed by atoms with van der Waals surface area (Å²) < 4.78 is 2.25. The Morgan fingerprint density at radius 3 is 2.56 bits per heavy atom. The monoisotopic (exact) mass is 333 g/mol. The Labute approximate surface area is 150 Å². The number of hydrogen-bond donors (Lipinski definition) is 1. The molecule has 3 nitrogen and oxygen atoms in total. The third-order valence-corrected chi connectivity index (χ3v) is 5.45. The number of hydrogen-bond acceptors (Lipinski definition) is 2. The predicted molar refractivity (Wildman–Crippen MR) is 104 cm³/mol. The minimum absolute atomic E-state index is 0.271. The van der Waals surface area contributed by atoms with Gasteiger partial charge in [-0.15, -0.1) is 0 Å². The molecule has 1 saturated carbocycles. The van der Waals surface area contributed by atoms with E-state index in [1.54, 1.807) is 0 Å². The van der Waals surface area contributed by atoms with Crippen molar-refractivity contribution < 1.29 is 0 Å². The van der Waals surface area contributed by atoms with Crippen molar-refractivity contribution in [3.63, 3.8) is 0 Å². The molecule has 1 N–H and O–H groups in total. The number of nitrogens with one attached hydrogen (secondary N) is 1. The molecule has 0 saturated heterocycles. The highest BCUT2D eigenvalue weighted by molar-refractivity contribution is 5.58. The number of anilines is 1. The fourth-order valence-corrected chi connectivity index (χ4v) is 3.95. The van der Waals surface area contributed by atoms with E-state index in [4.69, 9.17) is 4.98 Å². The second-order valence-corrected chi connectivity index (χ2v) is 7.39. The Kier molecular flexibility index (Phi) is 4.48. The first-order valence-electron chi connectivity index (χ1n) is 9.52. The van der Waals surface area contributed by atoms with Crippen molar-refractivity contribution in [2.75, 3.05) is 5.32 Å². The lowest BCUT2D eigenvalue weighted by molar-refractivity contribution is 0.461. The molecule has 4 rings (SSSR count). The van der Waals surface area contributed by atoms with Crippen molar-refractivity contribution in [3.8, 4) is 0 Å². The molecule has 1 aliphatic carbocycles. The van der Waals surface area contributed by atoms with Gasteiger partial charge in [0.25, 0.3) is 0 Å². The molecule has 1 fully saturated rings. The molecule has 2 heterocycles. The van der Waals surface area contributed by atoms with Crippen LogP contribution in [0, 0.1) is 6.92 Å². The zero-order valence-corrected chi connectivity index (χ0v) is 15.2. The summed E-state index contributed by atoms with van der Waals surface area (Å²) in [5.74, 6) is 1.45. The Balaban J connectivity index is 1.77. The van der Waals surface area contributed by atoms with E-state index in [0.717, 1.165) is 11.3 Å². The minimum Gasteiger partial charge on any atom is -0.367 e. The number of aryl methyl sites for hydroxylation is 1. The molecule has 2 aromatic heterocycles. The van der Waals surface area contributed by atoms with Gasteiger partial charge in [0.1, 0.15) is 11.5 Å². The standard InChI is InChI=1S/C22H27N3/c1-16-13-14-20-24-21(17(2)18-9-5-3-6-10-18)22(25(20)15-16)23-19-11-7-4-8-12-19/h3,5-6,9-10,13-15,17,19,23H,4,7-8,11-12H2,1-2H3. The molecular weight excluding hydrogens is 306 g/mol. The van der Waals surface area contributed by atoms with Crippen LogP contribution in [0.15, 0.2) is 48.7 Å². The maximum Gasteiger partial charge on any atom is 0.138 e. The third-order valence-electron chi connectivity index (χ3n) is 5.45. The van der Waals surface area contributed by atoms with Gasteiger partial charge in [-0.3, -0.25) is 4.40 Å². The average molecular weight is 333 g/mol. The van der Waals surface area contributed by atoms with E-state index in [0.29, 0.717) is 6.04 Å². The van der Waals surface area contributed by atoms with Crippen LogP contribution >= 0.6 is 0 Å². The van der Waals surface area contributed by atoms with Crippen molar-refractivity contribution in [1.29, 1.82) is 0 Å². The van der Waals surface area contributed by atoms with Crippen molar-refractivity contribution >= 4 is 11.5 Å². The zero-order valence-electron chi connectivity index (χ0n) is 15.2. The van der Waals surface area contributed by atoms with Crippen LogP contribution in [0.25, 0.3) is 5.65 Å². The molecule has 0 aliphatic heterocycles. The van der Waals surface area contributed by atoms with Gasteiger partial charge in [-0.1, -0.05) is 62.6 Å². The van der Waals surface area contributed by atoms with Crippen LogP contribution in [0.4, 0.5) is 5.82 Å². The van der Waals surface area contributed by atoms with Gasteiger partial charge in [0.15, 0.2) is 0 Å². The smallest absolute Gasteiger partial charge is 0.138 e. The SMILES string of the molecule is Cc1ccc2nc(C(C)c3ccccc3)c(NC3CCCCC3)n2c1. The number of nitrogens with zero attached hydrogens (tertiary/aromatic N) is 2. The van der Waals surface area contributed by atoms with Crippen LogP contribution < -0.4 is 5.32 Å². The van der Waals surface area contributed by atoms with Gasteiger partial charge in [0.05, 0.1) is 5.69 Å². The molecule has 1 aliphatic rings. The van der Waals surface area contributed by atoms with Crippen LogP contribution in [-0.4, -0.2) is 15.4 Å². The number of fused-ring (bicyclic) bond motifs is 1. The summed E-state index contributed by atoms with van der Waals surface area (Å²) >= 11 is 0. The summed E-state index contributed by atoms with van der Waals surface area (Å²) in [6.45, 7) is 4.40. The first-order chi connectivity index (χ1) is 12.2. The molecule has 130 valence electrons. The largest absolute Gasteiger partial charge is 0.367 e. The van der Waals surface area contributed by atoms with Crippen molar-refractivity contribution in [1.82, 2.24) is 9.38 Å². The lowest BCUT2D eigenvalue weighted by Gasteiger charge is -2.25. The topological polar surface area (TPSA) is 29.3 Å². The Hall–Kier alpha value is -2.29. The molecule has 1 atom stereocenters. The fourth-order valence-electron chi connectivity index (χ4n) is 3.95. The molecule has 0 bridgehead atoms. The summed E-state index contributed by atoms with van der Waals surface area (Å²) in [5, 5.41) is 3.85. The van der Waals surface area contributed by atoms with Crippen LogP contribution in [0.2, 0.25) is 0 Å². The number of benzene rings is 1. The number of pyridine rings is 1. The van der Waals surface area contributed by atoms with Crippen LogP contribution in [0.3, 0.4) is 0 Å².